The number of nitrogens with zero attached hydrogens (tertiary/aromatic N) is 2. The summed E-state index contributed by atoms with van der Waals surface area (Å²) in [7, 11) is 1.56. The lowest BCUT2D eigenvalue weighted by Crippen LogP contribution is -2.37. The summed E-state index contributed by atoms with van der Waals surface area (Å²) in [5, 5.41) is 9.46. The van der Waals surface area contributed by atoms with Crippen molar-refractivity contribution in [3.05, 3.63) is 53.2 Å². The van der Waals surface area contributed by atoms with Gasteiger partial charge in [0.05, 0.1) is 28.8 Å². The third-order valence-electron chi connectivity index (χ3n) is 4.54. The molecular formula is C19H19ClN2O4. The molecule has 26 heavy (non-hydrogen) atoms. The van der Waals surface area contributed by atoms with E-state index in [1.807, 2.05) is 18.2 Å². The maximum atomic E-state index is 13.1. The summed E-state index contributed by atoms with van der Waals surface area (Å²) < 4.78 is 5.33. The Hall–Kier alpha value is -2.44. The molecule has 0 bridgehead atoms. The van der Waals surface area contributed by atoms with Crippen molar-refractivity contribution in [2.45, 2.75) is 25.0 Å². The summed E-state index contributed by atoms with van der Waals surface area (Å²) in [6.07, 6.45) is 1.87. The third-order valence-corrected chi connectivity index (χ3v) is 4.87. The number of benzene rings is 1. The van der Waals surface area contributed by atoms with Crippen LogP contribution in [0.4, 0.5) is 0 Å². The van der Waals surface area contributed by atoms with Crippen LogP contribution < -0.4 is 0 Å². The van der Waals surface area contributed by atoms with Crippen molar-refractivity contribution < 1.29 is 19.4 Å². The van der Waals surface area contributed by atoms with E-state index >= 15 is 0 Å². The summed E-state index contributed by atoms with van der Waals surface area (Å²) in [4.78, 5) is 30.1. The first kappa shape index (κ1) is 18.4. The minimum Gasteiger partial charge on any atom is -0.481 e. The van der Waals surface area contributed by atoms with Crippen LogP contribution in [-0.4, -0.2) is 52.7 Å². The fourth-order valence-corrected chi connectivity index (χ4v) is 3.42. The Bertz CT molecular complexity index is 812. The average Bonchev–Trinajstić information content (AvgIpc) is 3.04. The topological polar surface area (TPSA) is 79.7 Å². The minimum absolute atomic E-state index is 0.122. The maximum Gasteiger partial charge on any atom is 0.305 e. The molecule has 2 atom stereocenters. The number of halogens is 1. The fraction of sp³-hybridized carbons (Fsp3) is 0.316. The van der Waals surface area contributed by atoms with Crippen molar-refractivity contribution in [3.8, 4) is 11.3 Å². The van der Waals surface area contributed by atoms with E-state index in [-0.39, 0.29) is 18.4 Å². The molecule has 1 aromatic heterocycles. The van der Waals surface area contributed by atoms with Crippen LogP contribution in [0.25, 0.3) is 11.3 Å². The molecule has 2 unspecified atom stereocenters. The van der Waals surface area contributed by atoms with Gasteiger partial charge in [-0.3, -0.25) is 14.6 Å². The fourth-order valence-electron chi connectivity index (χ4n) is 3.23. The normalized spacial score (nSPS) is 19.5. The van der Waals surface area contributed by atoms with Gasteiger partial charge in [-0.05, 0) is 30.7 Å². The number of pyridine rings is 1. The molecule has 1 fully saturated rings. The quantitative estimate of drug-likeness (QED) is 0.869. The number of methoxy groups -OCH3 is 1. The number of aromatic nitrogens is 1. The van der Waals surface area contributed by atoms with Crippen molar-refractivity contribution in [3.63, 3.8) is 0 Å². The molecule has 0 spiro atoms. The Labute approximate surface area is 156 Å². The second-order valence-corrected chi connectivity index (χ2v) is 6.62. The first-order valence-electron chi connectivity index (χ1n) is 8.26. The van der Waals surface area contributed by atoms with Crippen LogP contribution in [0.3, 0.4) is 0 Å². The number of hydrogen-bond acceptors (Lipinski definition) is 4. The number of aliphatic carboxylic acids is 1. The van der Waals surface area contributed by atoms with Gasteiger partial charge in [0.15, 0.2) is 0 Å². The predicted octanol–water partition coefficient (Wildman–Crippen LogP) is 3.11. The number of carboxylic acids is 1. The zero-order valence-electron chi connectivity index (χ0n) is 14.3. The largest absolute Gasteiger partial charge is 0.481 e. The molecule has 1 saturated heterocycles. The second kappa shape index (κ2) is 7.85. The van der Waals surface area contributed by atoms with Gasteiger partial charge in [-0.2, -0.15) is 0 Å². The highest BCUT2D eigenvalue weighted by atomic mass is 35.5. The van der Waals surface area contributed by atoms with Crippen LogP contribution in [0, 0.1) is 0 Å². The summed E-state index contributed by atoms with van der Waals surface area (Å²) in [6.45, 7) is 0.345. The van der Waals surface area contributed by atoms with Gasteiger partial charge in [0.1, 0.15) is 0 Å². The van der Waals surface area contributed by atoms with E-state index in [1.54, 1.807) is 36.4 Å². The van der Waals surface area contributed by atoms with Crippen LogP contribution in [0.2, 0.25) is 5.02 Å². The van der Waals surface area contributed by atoms with Gasteiger partial charge in [0.2, 0.25) is 0 Å². The van der Waals surface area contributed by atoms with E-state index < -0.39 is 12.0 Å². The smallest absolute Gasteiger partial charge is 0.305 e. The molecule has 7 heteroatoms. The molecule has 0 aliphatic carbocycles. The van der Waals surface area contributed by atoms with E-state index in [9.17, 15) is 9.59 Å². The Kier molecular flexibility index (Phi) is 5.54. The van der Waals surface area contributed by atoms with Crippen molar-refractivity contribution in [2.75, 3.05) is 13.7 Å². The summed E-state index contributed by atoms with van der Waals surface area (Å²) in [5.41, 5.74) is 1.84. The number of amides is 1. The molecule has 0 saturated carbocycles. The molecule has 1 aliphatic heterocycles. The van der Waals surface area contributed by atoms with Gasteiger partial charge in [0.25, 0.3) is 5.91 Å². The van der Waals surface area contributed by atoms with Crippen LogP contribution in [0.5, 0.6) is 0 Å². The molecule has 136 valence electrons. The molecule has 1 N–H and O–H groups in total. The molecule has 3 rings (SSSR count). The molecule has 0 radical (unpaired) electrons. The number of carbonyl (C=O) groups is 2. The van der Waals surface area contributed by atoms with Gasteiger partial charge in [-0.25, -0.2) is 0 Å². The van der Waals surface area contributed by atoms with Crippen LogP contribution in [0.15, 0.2) is 42.6 Å². The highest BCUT2D eigenvalue weighted by Gasteiger charge is 2.37. The van der Waals surface area contributed by atoms with E-state index in [0.717, 1.165) is 11.3 Å². The van der Waals surface area contributed by atoms with Gasteiger partial charge >= 0.3 is 5.97 Å². The number of likely N-dealkylation sites (tertiary alicyclic amines) is 1. The lowest BCUT2D eigenvalue weighted by molar-refractivity contribution is -0.137. The summed E-state index contributed by atoms with van der Waals surface area (Å²) in [6, 6.07) is 10.3. The van der Waals surface area contributed by atoms with Crippen molar-refractivity contribution in [1.82, 2.24) is 9.88 Å². The average molecular weight is 375 g/mol. The zero-order valence-corrected chi connectivity index (χ0v) is 15.0. The first-order valence-corrected chi connectivity index (χ1v) is 8.64. The highest BCUT2D eigenvalue weighted by Crippen LogP contribution is 2.29. The standard InChI is InChI=1S/C19H19ClN2O4/c1-26-14-9-13(10-18(23)24)22(11-14)19(25)15-8-12(5-6-16(15)20)17-4-2-3-7-21-17/h2-8,13-14H,9-11H2,1H3,(H,23,24). The highest BCUT2D eigenvalue weighted by molar-refractivity contribution is 6.34. The van der Waals surface area contributed by atoms with Crippen LogP contribution in [0.1, 0.15) is 23.2 Å². The van der Waals surface area contributed by atoms with Gasteiger partial charge in [-0.1, -0.05) is 23.7 Å². The van der Waals surface area contributed by atoms with Gasteiger partial charge < -0.3 is 14.7 Å². The molecule has 2 heterocycles. The van der Waals surface area contributed by atoms with Crippen molar-refractivity contribution in [1.29, 1.82) is 0 Å². The molecule has 1 aliphatic rings. The van der Waals surface area contributed by atoms with Gasteiger partial charge in [-0.15, -0.1) is 0 Å². The van der Waals surface area contributed by atoms with Crippen LogP contribution >= 0.6 is 11.6 Å². The molecule has 2 aromatic rings. The molecule has 6 nitrogen and oxygen atoms in total. The minimum atomic E-state index is -0.946. The van der Waals surface area contributed by atoms with Crippen molar-refractivity contribution >= 4 is 23.5 Å². The monoisotopic (exact) mass is 374 g/mol. The molecule has 1 amide bonds. The van der Waals surface area contributed by atoms with E-state index in [4.69, 9.17) is 21.4 Å². The van der Waals surface area contributed by atoms with E-state index in [2.05, 4.69) is 4.98 Å². The summed E-state index contributed by atoms with van der Waals surface area (Å²) >= 11 is 6.27. The van der Waals surface area contributed by atoms with E-state index in [0.29, 0.717) is 23.6 Å². The van der Waals surface area contributed by atoms with Gasteiger partial charge in [0, 0.05) is 31.5 Å². The number of hydrogen-bond donors (Lipinski definition) is 1. The zero-order chi connectivity index (χ0) is 18.7. The second-order valence-electron chi connectivity index (χ2n) is 6.21. The third kappa shape index (κ3) is 3.86. The Morgan fingerprint density at radius 3 is 2.81 bits per heavy atom. The number of carbonyl (C=O) groups excluding carboxylic acids is 1. The maximum absolute atomic E-state index is 13.1. The molecular weight excluding hydrogens is 356 g/mol. The number of carboxylic acid groups (broad SMARTS) is 1. The Balaban J connectivity index is 1.92. The SMILES string of the molecule is COC1CC(CC(=O)O)N(C(=O)c2cc(-c3ccccn3)ccc2Cl)C1. The Morgan fingerprint density at radius 1 is 1.35 bits per heavy atom. The summed E-state index contributed by atoms with van der Waals surface area (Å²) in [5.74, 6) is -1.24. The van der Waals surface area contributed by atoms with Crippen LogP contribution in [-0.2, 0) is 9.53 Å². The molecule has 1 aromatic carbocycles. The lowest BCUT2D eigenvalue weighted by atomic mass is 10.1. The predicted molar refractivity (Wildman–Crippen MR) is 97.2 cm³/mol. The Morgan fingerprint density at radius 2 is 2.15 bits per heavy atom. The lowest BCUT2D eigenvalue weighted by Gasteiger charge is -2.24. The number of rotatable bonds is 5. The number of ether oxygens (including phenoxy) is 1. The van der Waals surface area contributed by atoms with E-state index in [1.165, 1.54) is 0 Å². The first-order chi connectivity index (χ1) is 12.5. The van der Waals surface area contributed by atoms with Crippen molar-refractivity contribution in [2.24, 2.45) is 0 Å².